The normalized spacial score (nSPS) is 17.6. The predicted octanol–water partition coefficient (Wildman–Crippen LogP) is 1.84. The van der Waals surface area contributed by atoms with Crippen molar-refractivity contribution in [1.82, 2.24) is 0 Å². The highest BCUT2D eigenvalue weighted by Gasteiger charge is 2.54. The number of carbonyl (C=O) groups excluding carboxylic acids is 1. The summed E-state index contributed by atoms with van der Waals surface area (Å²) in [5.74, 6) is -0.737. The molecule has 1 aromatic carbocycles. The van der Waals surface area contributed by atoms with Crippen molar-refractivity contribution >= 4 is 5.97 Å². The van der Waals surface area contributed by atoms with Gasteiger partial charge in [0.2, 0.25) is 5.60 Å². The second-order valence-corrected chi connectivity index (χ2v) is 5.44. The van der Waals surface area contributed by atoms with E-state index in [0.717, 1.165) is 0 Å². The summed E-state index contributed by atoms with van der Waals surface area (Å²) in [5.41, 5.74) is -3.37. The minimum absolute atomic E-state index is 0.120. The summed E-state index contributed by atoms with van der Waals surface area (Å²) in [6.45, 7) is 5.28. The molecule has 0 fully saturated rings. The largest absolute Gasteiger partial charge is 0.467 e. The zero-order chi connectivity index (χ0) is 14.7. The van der Waals surface area contributed by atoms with Crippen LogP contribution in [0.25, 0.3) is 0 Å². The van der Waals surface area contributed by atoms with E-state index >= 15 is 0 Å². The molecule has 1 rings (SSSR count). The maximum atomic E-state index is 12.0. The Bertz CT molecular complexity index is 425. The molecule has 0 unspecified atom stereocenters. The molecule has 1 aromatic rings. The molecular formula is C15H22O4. The van der Waals surface area contributed by atoms with Crippen LogP contribution >= 0.6 is 0 Å². The van der Waals surface area contributed by atoms with Crippen LogP contribution in [0.1, 0.15) is 32.8 Å². The van der Waals surface area contributed by atoms with Gasteiger partial charge in [0, 0.05) is 0 Å². The van der Waals surface area contributed by atoms with Crippen LogP contribution in [0.3, 0.4) is 0 Å². The van der Waals surface area contributed by atoms with Crippen molar-refractivity contribution in [3.63, 3.8) is 0 Å². The molecule has 2 atom stereocenters. The first-order valence-corrected chi connectivity index (χ1v) is 6.34. The van der Waals surface area contributed by atoms with E-state index in [1.54, 1.807) is 30.3 Å². The van der Waals surface area contributed by atoms with Gasteiger partial charge in [-0.1, -0.05) is 44.2 Å². The van der Waals surface area contributed by atoms with Crippen molar-refractivity contribution in [2.75, 3.05) is 7.11 Å². The molecule has 106 valence electrons. The van der Waals surface area contributed by atoms with Crippen LogP contribution in [-0.2, 0) is 15.1 Å². The van der Waals surface area contributed by atoms with E-state index < -0.39 is 17.2 Å². The lowest BCUT2D eigenvalue weighted by Crippen LogP contribution is -2.56. The Hall–Kier alpha value is -1.39. The molecular weight excluding hydrogens is 244 g/mol. The smallest absolute Gasteiger partial charge is 0.345 e. The van der Waals surface area contributed by atoms with E-state index in [2.05, 4.69) is 4.74 Å². The number of methoxy groups -OCH3 is 1. The van der Waals surface area contributed by atoms with Crippen LogP contribution < -0.4 is 0 Å². The van der Waals surface area contributed by atoms with E-state index in [-0.39, 0.29) is 12.3 Å². The first-order valence-electron chi connectivity index (χ1n) is 6.34. The average Bonchev–Trinajstić information content (AvgIpc) is 2.36. The van der Waals surface area contributed by atoms with Crippen molar-refractivity contribution in [2.24, 2.45) is 5.92 Å². The van der Waals surface area contributed by atoms with Crippen molar-refractivity contribution in [3.8, 4) is 0 Å². The summed E-state index contributed by atoms with van der Waals surface area (Å²) in [7, 11) is 1.20. The molecule has 0 aromatic heterocycles. The molecule has 4 heteroatoms. The molecule has 0 heterocycles. The summed E-state index contributed by atoms with van der Waals surface area (Å²) in [4.78, 5) is 12.0. The highest BCUT2D eigenvalue weighted by Crippen LogP contribution is 2.38. The summed E-state index contributed by atoms with van der Waals surface area (Å²) in [6.07, 6.45) is 0.271. The molecule has 0 aliphatic rings. The van der Waals surface area contributed by atoms with Crippen molar-refractivity contribution < 1.29 is 19.7 Å². The van der Waals surface area contributed by atoms with E-state index in [0.29, 0.717) is 5.56 Å². The van der Waals surface area contributed by atoms with Gasteiger partial charge in [-0.05, 0) is 24.8 Å². The first kappa shape index (κ1) is 15.7. The van der Waals surface area contributed by atoms with Crippen LogP contribution in [0.4, 0.5) is 0 Å². The quantitative estimate of drug-likeness (QED) is 0.798. The second-order valence-electron chi connectivity index (χ2n) is 5.44. The van der Waals surface area contributed by atoms with E-state index in [1.807, 2.05) is 13.8 Å². The summed E-state index contributed by atoms with van der Waals surface area (Å²) in [6, 6.07) is 8.39. The van der Waals surface area contributed by atoms with E-state index in [4.69, 9.17) is 0 Å². The third-order valence-corrected chi connectivity index (χ3v) is 3.26. The van der Waals surface area contributed by atoms with Crippen LogP contribution in [0, 0.1) is 5.92 Å². The number of benzene rings is 1. The number of aliphatic hydroxyl groups is 2. The Morgan fingerprint density at radius 3 is 2.21 bits per heavy atom. The number of hydrogen-bond acceptors (Lipinski definition) is 4. The average molecular weight is 266 g/mol. The predicted molar refractivity (Wildman–Crippen MR) is 72.4 cm³/mol. The number of rotatable bonds is 5. The van der Waals surface area contributed by atoms with Crippen LogP contribution in [0.5, 0.6) is 0 Å². The van der Waals surface area contributed by atoms with E-state index in [9.17, 15) is 15.0 Å². The lowest BCUT2D eigenvalue weighted by atomic mass is 9.74. The Balaban J connectivity index is 3.32. The number of esters is 1. The van der Waals surface area contributed by atoms with Gasteiger partial charge in [0.1, 0.15) is 5.60 Å². The molecule has 2 N–H and O–H groups in total. The van der Waals surface area contributed by atoms with Crippen molar-refractivity contribution in [2.45, 2.75) is 38.4 Å². The maximum absolute atomic E-state index is 12.0. The number of hydrogen-bond donors (Lipinski definition) is 2. The van der Waals surface area contributed by atoms with Crippen LogP contribution in [0.2, 0.25) is 0 Å². The van der Waals surface area contributed by atoms with Gasteiger partial charge in [-0.3, -0.25) is 0 Å². The minimum atomic E-state index is -2.08. The van der Waals surface area contributed by atoms with Crippen molar-refractivity contribution in [1.29, 1.82) is 0 Å². The fourth-order valence-corrected chi connectivity index (χ4v) is 2.42. The zero-order valence-corrected chi connectivity index (χ0v) is 11.9. The minimum Gasteiger partial charge on any atom is -0.467 e. The van der Waals surface area contributed by atoms with Gasteiger partial charge < -0.3 is 14.9 Å². The van der Waals surface area contributed by atoms with Gasteiger partial charge in [0.15, 0.2) is 0 Å². The Morgan fingerprint density at radius 2 is 1.79 bits per heavy atom. The summed E-state index contributed by atoms with van der Waals surface area (Å²) >= 11 is 0. The highest BCUT2D eigenvalue weighted by molar-refractivity contribution is 5.82. The van der Waals surface area contributed by atoms with Crippen molar-refractivity contribution in [3.05, 3.63) is 35.9 Å². The maximum Gasteiger partial charge on any atom is 0.345 e. The monoisotopic (exact) mass is 266 g/mol. The van der Waals surface area contributed by atoms with Gasteiger partial charge in [-0.25, -0.2) is 4.79 Å². The number of ether oxygens (including phenoxy) is 1. The number of carbonyl (C=O) groups is 1. The molecule has 19 heavy (non-hydrogen) atoms. The Morgan fingerprint density at radius 1 is 1.26 bits per heavy atom. The first-order chi connectivity index (χ1) is 8.75. The molecule has 0 saturated carbocycles. The van der Waals surface area contributed by atoms with E-state index in [1.165, 1.54) is 14.0 Å². The van der Waals surface area contributed by atoms with Gasteiger partial charge in [-0.2, -0.15) is 0 Å². The van der Waals surface area contributed by atoms with Crippen LogP contribution in [-0.4, -0.2) is 28.9 Å². The standard InChI is InChI=1S/C15H22O4/c1-11(2)10-14(3,17)15(18,13(16)19-4)12-8-6-5-7-9-12/h5-9,11,17-18H,10H2,1-4H3/t14-,15-/m1/s1. The summed E-state index contributed by atoms with van der Waals surface area (Å²) in [5, 5.41) is 21.4. The molecule has 4 nitrogen and oxygen atoms in total. The molecule has 0 aliphatic heterocycles. The summed E-state index contributed by atoms with van der Waals surface area (Å²) < 4.78 is 4.69. The van der Waals surface area contributed by atoms with Gasteiger partial charge in [0.05, 0.1) is 7.11 Å². The Labute approximate surface area is 114 Å². The zero-order valence-electron chi connectivity index (χ0n) is 11.9. The third-order valence-electron chi connectivity index (χ3n) is 3.26. The molecule has 0 bridgehead atoms. The fourth-order valence-electron chi connectivity index (χ4n) is 2.42. The molecule has 0 aliphatic carbocycles. The molecule has 0 amide bonds. The van der Waals surface area contributed by atoms with Gasteiger partial charge in [-0.15, -0.1) is 0 Å². The topological polar surface area (TPSA) is 66.8 Å². The lowest BCUT2D eigenvalue weighted by molar-refractivity contribution is -0.199. The molecule has 0 saturated heterocycles. The lowest BCUT2D eigenvalue weighted by Gasteiger charge is -2.40. The highest BCUT2D eigenvalue weighted by atomic mass is 16.5. The molecule has 0 spiro atoms. The SMILES string of the molecule is COC(=O)[C@](O)(c1ccccc1)[C@](C)(O)CC(C)C. The third kappa shape index (κ3) is 2.96. The van der Waals surface area contributed by atoms with Gasteiger partial charge >= 0.3 is 5.97 Å². The molecule has 0 radical (unpaired) electrons. The Kier molecular flexibility index (Phi) is 4.71. The second kappa shape index (κ2) is 5.72. The van der Waals surface area contributed by atoms with Gasteiger partial charge in [0.25, 0.3) is 0 Å². The fraction of sp³-hybridized carbons (Fsp3) is 0.533. The van der Waals surface area contributed by atoms with Crippen LogP contribution in [0.15, 0.2) is 30.3 Å².